The Balaban J connectivity index is 2.49. The first-order valence-corrected chi connectivity index (χ1v) is 7.93. The van der Waals surface area contributed by atoms with Gasteiger partial charge in [-0.3, -0.25) is 0 Å². The van der Waals surface area contributed by atoms with Crippen LogP contribution < -0.4 is 5.32 Å². The maximum absolute atomic E-state index is 13.5. The molecule has 0 radical (unpaired) electrons. The van der Waals surface area contributed by atoms with Gasteiger partial charge in [-0.15, -0.1) is 0 Å². The minimum Gasteiger partial charge on any atom is -0.306 e. The van der Waals surface area contributed by atoms with Crippen molar-refractivity contribution in [3.8, 4) is 0 Å². The third kappa shape index (κ3) is 3.51. The number of nitrogens with one attached hydrogen (secondary N) is 1. The van der Waals surface area contributed by atoms with Gasteiger partial charge in [0, 0.05) is 8.59 Å². The quantitative estimate of drug-likeness (QED) is 0.701. The predicted molar refractivity (Wildman–Crippen MR) is 90.8 cm³/mol. The van der Waals surface area contributed by atoms with Gasteiger partial charge in [-0.1, -0.05) is 30.7 Å². The molecule has 0 spiro atoms. The second-order valence-corrected chi connectivity index (χ2v) is 6.26. The lowest BCUT2D eigenvalue weighted by Gasteiger charge is -2.21. The second-order valence-electron chi connectivity index (χ2n) is 4.67. The molecule has 0 aliphatic heterocycles. The van der Waals surface area contributed by atoms with Crippen LogP contribution in [-0.4, -0.2) is 6.54 Å². The molecular formula is C16H16ClFIN. The van der Waals surface area contributed by atoms with Gasteiger partial charge in [-0.25, -0.2) is 4.39 Å². The molecular weight excluding hydrogens is 388 g/mol. The average Bonchev–Trinajstić information content (AvgIpc) is 2.42. The highest BCUT2D eigenvalue weighted by molar-refractivity contribution is 14.1. The molecule has 0 aliphatic rings. The normalized spacial score (nSPS) is 12.4. The Kier molecular flexibility index (Phi) is 5.41. The lowest BCUT2D eigenvalue weighted by atomic mass is 9.97. The zero-order chi connectivity index (χ0) is 14.7. The molecule has 1 nitrogen and oxygen atoms in total. The van der Waals surface area contributed by atoms with Crippen molar-refractivity contribution in [2.75, 3.05) is 6.54 Å². The third-order valence-corrected chi connectivity index (χ3v) is 4.41. The number of rotatable bonds is 4. The van der Waals surface area contributed by atoms with E-state index in [9.17, 15) is 4.39 Å². The summed E-state index contributed by atoms with van der Waals surface area (Å²) >= 11 is 8.42. The summed E-state index contributed by atoms with van der Waals surface area (Å²) in [5.74, 6) is -0.176. The molecule has 2 aromatic carbocycles. The monoisotopic (exact) mass is 403 g/mol. The van der Waals surface area contributed by atoms with E-state index in [0.717, 1.165) is 21.2 Å². The van der Waals surface area contributed by atoms with Crippen LogP contribution in [0.4, 0.5) is 4.39 Å². The average molecular weight is 404 g/mol. The van der Waals surface area contributed by atoms with Crippen LogP contribution >= 0.6 is 34.2 Å². The Morgan fingerprint density at radius 2 is 2.00 bits per heavy atom. The zero-order valence-corrected chi connectivity index (χ0v) is 14.3. The zero-order valence-electron chi connectivity index (χ0n) is 11.4. The summed E-state index contributed by atoms with van der Waals surface area (Å²) in [5.41, 5.74) is 2.82. The standard InChI is InChI=1S/C16H16ClFIN/c1-3-20-16(11-4-6-14(18)10(2)8-11)13-9-12(17)5-7-15(13)19/h4-9,16,20H,3H2,1-2H3. The van der Waals surface area contributed by atoms with E-state index in [4.69, 9.17) is 11.6 Å². The summed E-state index contributed by atoms with van der Waals surface area (Å²) < 4.78 is 14.6. The minimum atomic E-state index is -0.176. The first-order valence-electron chi connectivity index (χ1n) is 6.47. The van der Waals surface area contributed by atoms with Crippen molar-refractivity contribution >= 4 is 34.2 Å². The minimum absolute atomic E-state index is 0.0184. The van der Waals surface area contributed by atoms with Crippen LogP contribution in [0.25, 0.3) is 0 Å². The first kappa shape index (κ1) is 15.7. The molecule has 1 unspecified atom stereocenters. The fraction of sp³-hybridized carbons (Fsp3) is 0.250. The van der Waals surface area contributed by atoms with E-state index in [1.807, 2.05) is 30.3 Å². The SMILES string of the molecule is CCNC(c1ccc(F)c(C)c1)c1cc(Cl)ccc1I. The molecule has 106 valence electrons. The van der Waals surface area contributed by atoms with Crippen LogP contribution in [0.2, 0.25) is 5.02 Å². The number of aryl methyl sites for hydroxylation is 1. The lowest BCUT2D eigenvalue weighted by molar-refractivity contribution is 0.605. The molecule has 2 aromatic rings. The van der Waals surface area contributed by atoms with E-state index >= 15 is 0 Å². The molecule has 0 heterocycles. The molecule has 2 rings (SSSR count). The Bertz CT molecular complexity index is 615. The fourth-order valence-corrected chi connectivity index (χ4v) is 3.02. The van der Waals surface area contributed by atoms with Gasteiger partial charge in [0.05, 0.1) is 6.04 Å². The molecule has 4 heteroatoms. The van der Waals surface area contributed by atoms with Crippen molar-refractivity contribution in [3.05, 3.63) is 67.5 Å². The van der Waals surface area contributed by atoms with Gasteiger partial charge in [0.25, 0.3) is 0 Å². The molecule has 1 atom stereocenters. The second kappa shape index (κ2) is 6.87. The van der Waals surface area contributed by atoms with Gasteiger partial charge in [-0.2, -0.15) is 0 Å². The van der Waals surface area contributed by atoms with Gasteiger partial charge in [0.15, 0.2) is 0 Å². The Morgan fingerprint density at radius 1 is 1.25 bits per heavy atom. The van der Waals surface area contributed by atoms with Crippen molar-refractivity contribution in [1.29, 1.82) is 0 Å². The van der Waals surface area contributed by atoms with Gasteiger partial charge >= 0.3 is 0 Å². The van der Waals surface area contributed by atoms with Crippen molar-refractivity contribution in [3.63, 3.8) is 0 Å². The molecule has 0 saturated heterocycles. The fourth-order valence-electron chi connectivity index (χ4n) is 2.19. The summed E-state index contributed by atoms with van der Waals surface area (Å²) in [6.45, 7) is 4.66. The molecule has 1 N–H and O–H groups in total. The number of hydrogen-bond donors (Lipinski definition) is 1. The maximum atomic E-state index is 13.5. The van der Waals surface area contributed by atoms with Crippen LogP contribution in [-0.2, 0) is 0 Å². The number of benzene rings is 2. The van der Waals surface area contributed by atoms with E-state index < -0.39 is 0 Å². The topological polar surface area (TPSA) is 12.0 Å². The van der Waals surface area contributed by atoms with Crippen molar-refractivity contribution in [2.24, 2.45) is 0 Å². The predicted octanol–water partition coefficient (Wildman–Crippen LogP) is 5.09. The summed E-state index contributed by atoms with van der Waals surface area (Å²) in [6.07, 6.45) is 0. The highest BCUT2D eigenvalue weighted by atomic mass is 127. The highest BCUT2D eigenvalue weighted by Gasteiger charge is 2.17. The highest BCUT2D eigenvalue weighted by Crippen LogP contribution is 2.29. The van der Waals surface area contributed by atoms with Crippen molar-refractivity contribution in [2.45, 2.75) is 19.9 Å². The lowest BCUT2D eigenvalue weighted by Crippen LogP contribution is -2.23. The van der Waals surface area contributed by atoms with Crippen LogP contribution in [0.3, 0.4) is 0 Å². The van der Waals surface area contributed by atoms with E-state index in [1.165, 1.54) is 6.07 Å². The Morgan fingerprint density at radius 3 is 2.65 bits per heavy atom. The molecule has 0 aromatic heterocycles. The summed E-state index contributed by atoms with van der Waals surface area (Å²) in [7, 11) is 0. The summed E-state index contributed by atoms with van der Waals surface area (Å²) in [5, 5.41) is 4.15. The van der Waals surface area contributed by atoms with E-state index in [2.05, 4.69) is 34.8 Å². The number of hydrogen-bond acceptors (Lipinski definition) is 1. The molecule has 0 saturated carbocycles. The van der Waals surface area contributed by atoms with Crippen LogP contribution in [0.15, 0.2) is 36.4 Å². The summed E-state index contributed by atoms with van der Waals surface area (Å²) in [6, 6.07) is 11.1. The molecule has 20 heavy (non-hydrogen) atoms. The largest absolute Gasteiger partial charge is 0.306 e. The van der Waals surface area contributed by atoms with E-state index in [1.54, 1.807) is 6.92 Å². The number of halogens is 3. The van der Waals surface area contributed by atoms with E-state index in [0.29, 0.717) is 10.6 Å². The van der Waals surface area contributed by atoms with Crippen LogP contribution in [0, 0.1) is 16.3 Å². The van der Waals surface area contributed by atoms with Crippen molar-refractivity contribution < 1.29 is 4.39 Å². The van der Waals surface area contributed by atoms with Crippen LogP contribution in [0.1, 0.15) is 29.7 Å². The Hall–Kier alpha value is -0.650. The van der Waals surface area contributed by atoms with E-state index in [-0.39, 0.29) is 11.9 Å². The van der Waals surface area contributed by atoms with Gasteiger partial charge in [-0.05, 0) is 77.0 Å². The molecule has 0 bridgehead atoms. The Labute approximate surface area is 137 Å². The van der Waals surface area contributed by atoms with Gasteiger partial charge in [0.1, 0.15) is 5.82 Å². The first-order chi connectivity index (χ1) is 9.52. The molecule has 0 amide bonds. The van der Waals surface area contributed by atoms with Crippen molar-refractivity contribution in [1.82, 2.24) is 5.32 Å². The van der Waals surface area contributed by atoms with Crippen LogP contribution in [0.5, 0.6) is 0 Å². The molecule has 0 fully saturated rings. The van der Waals surface area contributed by atoms with Gasteiger partial charge < -0.3 is 5.32 Å². The summed E-state index contributed by atoms with van der Waals surface area (Å²) in [4.78, 5) is 0. The smallest absolute Gasteiger partial charge is 0.126 e. The third-order valence-electron chi connectivity index (χ3n) is 3.19. The van der Waals surface area contributed by atoms with Gasteiger partial charge in [0.2, 0.25) is 0 Å². The molecule has 0 aliphatic carbocycles. The maximum Gasteiger partial charge on any atom is 0.126 e.